The van der Waals surface area contributed by atoms with E-state index in [0.717, 1.165) is 16.6 Å². The Morgan fingerprint density at radius 3 is 2.89 bits per heavy atom. The Bertz CT molecular complexity index is 602. The summed E-state index contributed by atoms with van der Waals surface area (Å²) >= 11 is 6.12. The Morgan fingerprint density at radius 2 is 2.21 bits per heavy atom. The molecule has 1 aromatic carbocycles. The second-order valence-corrected chi connectivity index (χ2v) is 4.65. The number of rotatable bonds is 5. The predicted octanol–water partition coefficient (Wildman–Crippen LogP) is 1.50. The topological polar surface area (TPSA) is 94.0 Å². The first kappa shape index (κ1) is 13.6. The summed E-state index contributed by atoms with van der Waals surface area (Å²) in [5.41, 5.74) is 12.4. The smallest absolute Gasteiger partial charge is 0.219 e. The highest BCUT2D eigenvalue weighted by Crippen LogP contribution is 2.28. The molecule has 1 amide bonds. The first-order chi connectivity index (χ1) is 9.11. The monoisotopic (exact) mass is 278 g/mol. The lowest BCUT2D eigenvalue weighted by Gasteiger charge is -2.17. The van der Waals surface area contributed by atoms with Gasteiger partial charge in [0.05, 0.1) is 16.2 Å². The molecule has 0 saturated carbocycles. The second-order valence-electron chi connectivity index (χ2n) is 4.24. The highest BCUT2D eigenvalue weighted by Gasteiger charge is 2.12. The Hall–Kier alpha value is -1.85. The van der Waals surface area contributed by atoms with Gasteiger partial charge in [0.15, 0.2) is 0 Å². The van der Waals surface area contributed by atoms with Crippen molar-refractivity contribution >= 4 is 34.1 Å². The van der Waals surface area contributed by atoms with Gasteiger partial charge in [-0.05, 0) is 24.3 Å². The minimum Gasteiger partial charge on any atom is -0.379 e. The molecule has 0 aliphatic rings. The number of primary amides is 1. The summed E-state index contributed by atoms with van der Waals surface area (Å²) in [4.78, 5) is 15.3. The number of carbonyl (C=O) groups is 1. The van der Waals surface area contributed by atoms with E-state index in [-0.39, 0.29) is 12.5 Å². The van der Waals surface area contributed by atoms with Crippen molar-refractivity contribution in [3.63, 3.8) is 0 Å². The summed E-state index contributed by atoms with van der Waals surface area (Å²) < 4.78 is 0. The Morgan fingerprint density at radius 1 is 1.42 bits per heavy atom. The van der Waals surface area contributed by atoms with Crippen LogP contribution in [0.1, 0.15) is 6.42 Å². The van der Waals surface area contributed by atoms with Gasteiger partial charge in [-0.1, -0.05) is 11.6 Å². The highest BCUT2D eigenvalue weighted by molar-refractivity contribution is 6.35. The number of hydrogen-bond donors (Lipinski definition) is 3. The predicted molar refractivity (Wildman–Crippen MR) is 77.0 cm³/mol. The van der Waals surface area contributed by atoms with Crippen LogP contribution in [0, 0.1) is 0 Å². The van der Waals surface area contributed by atoms with Crippen LogP contribution in [0.25, 0.3) is 10.9 Å². The van der Waals surface area contributed by atoms with Crippen molar-refractivity contribution in [1.82, 2.24) is 4.98 Å². The quantitative estimate of drug-likeness (QED) is 0.772. The largest absolute Gasteiger partial charge is 0.379 e. The molecule has 1 aromatic heterocycles. The summed E-state index contributed by atoms with van der Waals surface area (Å²) in [7, 11) is 0. The number of fused-ring (bicyclic) bond motifs is 1. The van der Waals surface area contributed by atoms with E-state index in [0.29, 0.717) is 11.6 Å². The first-order valence-corrected chi connectivity index (χ1v) is 6.27. The van der Waals surface area contributed by atoms with Gasteiger partial charge in [-0.25, -0.2) is 0 Å². The van der Waals surface area contributed by atoms with Crippen molar-refractivity contribution in [3.8, 4) is 0 Å². The number of nitrogens with zero attached hydrogens (tertiary/aromatic N) is 1. The molecule has 0 aliphatic heterocycles. The molecule has 19 heavy (non-hydrogen) atoms. The SMILES string of the molecule is NCC(CC(N)=O)Nc1ccc(Cl)c2cccnc12. The van der Waals surface area contributed by atoms with Crippen LogP contribution in [-0.2, 0) is 4.79 Å². The average molecular weight is 279 g/mol. The minimum absolute atomic E-state index is 0.174. The molecule has 1 atom stereocenters. The molecule has 1 heterocycles. The van der Waals surface area contributed by atoms with Crippen molar-refractivity contribution in [2.24, 2.45) is 11.5 Å². The Labute approximate surface area is 115 Å². The minimum atomic E-state index is -0.394. The van der Waals surface area contributed by atoms with E-state index in [1.54, 1.807) is 12.3 Å². The zero-order valence-electron chi connectivity index (χ0n) is 10.3. The zero-order chi connectivity index (χ0) is 13.8. The van der Waals surface area contributed by atoms with Gasteiger partial charge in [0.2, 0.25) is 5.91 Å². The fourth-order valence-corrected chi connectivity index (χ4v) is 2.13. The summed E-state index contributed by atoms with van der Waals surface area (Å²) in [6.45, 7) is 0.305. The van der Waals surface area contributed by atoms with E-state index in [1.807, 2.05) is 18.2 Å². The van der Waals surface area contributed by atoms with Crippen molar-refractivity contribution in [2.75, 3.05) is 11.9 Å². The molecule has 0 bridgehead atoms. The molecular weight excluding hydrogens is 264 g/mol. The summed E-state index contributed by atoms with van der Waals surface area (Å²) in [5, 5.41) is 4.67. The number of hydrogen-bond acceptors (Lipinski definition) is 4. The van der Waals surface area contributed by atoms with Crippen molar-refractivity contribution in [3.05, 3.63) is 35.5 Å². The number of anilines is 1. The van der Waals surface area contributed by atoms with E-state index in [4.69, 9.17) is 23.1 Å². The molecule has 2 rings (SSSR count). The van der Waals surface area contributed by atoms with E-state index < -0.39 is 5.91 Å². The van der Waals surface area contributed by atoms with Crippen LogP contribution in [0.2, 0.25) is 5.02 Å². The fourth-order valence-electron chi connectivity index (χ4n) is 1.91. The molecular formula is C13H15ClN4O. The third-order valence-corrected chi connectivity index (χ3v) is 3.14. The normalized spacial score (nSPS) is 12.3. The molecule has 0 radical (unpaired) electrons. The lowest BCUT2D eigenvalue weighted by Crippen LogP contribution is -2.33. The second kappa shape index (κ2) is 5.86. The van der Waals surface area contributed by atoms with Crippen LogP contribution in [0.15, 0.2) is 30.5 Å². The van der Waals surface area contributed by atoms with E-state index >= 15 is 0 Å². The molecule has 100 valence electrons. The van der Waals surface area contributed by atoms with E-state index in [1.165, 1.54) is 0 Å². The number of nitrogens with two attached hydrogens (primary N) is 2. The maximum absolute atomic E-state index is 11.0. The maximum Gasteiger partial charge on any atom is 0.219 e. The molecule has 2 aromatic rings. The summed E-state index contributed by atoms with van der Waals surface area (Å²) in [6, 6.07) is 7.10. The van der Waals surface area contributed by atoms with Crippen LogP contribution in [0.5, 0.6) is 0 Å². The molecule has 0 fully saturated rings. The highest BCUT2D eigenvalue weighted by atomic mass is 35.5. The van der Waals surface area contributed by atoms with Crippen LogP contribution in [0.4, 0.5) is 5.69 Å². The molecule has 0 spiro atoms. The number of aromatic nitrogens is 1. The molecule has 0 saturated heterocycles. The van der Waals surface area contributed by atoms with Crippen LogP contribution in [-0.4, -0.2) is 23.5 Å². The van der Waals surface area contributed by atoms with Crippen LogP contribution < -0.4 is 16.8 Å². The van der Waals surface area contributed by atoms with Gasteiger partial charge in [0.25, 0.3) is 0 Å². The number of nitrogens with one attached hydrogen (secondary N) is 1. The maximum atomic E-state index is 11.0. The summed E-state index contributed by atoms with van der Waals surface area (Å²) in [6.07, 6.45) is 1.86. The van der Waals surface area contributed by atoms with Crippen molar-refractivity contribution in [1.29, 1.82) is 0 Å². The average Bonchev–Trinajstić information content (AvgIpc) is 2.41. The number of halogens is 1. The molecule has 0 aliphatic carbocycles. The lowest BCUT2D eigenvalue weighted by atomic mass is 10.1. The lowest BCUT2D eigenvalue weighted by molar-refractivity contribution is -0.118. The van der Waals surface area contributed by atoms with Gasteiger partial charge in [-0.2, -0.15) is 0 Å². The van der Waals surface area contributed by atoms with E-state index in [9.17, 15) is 4.79 Å². The zero-order valence-corrected chi connectivity index (χ0v) is 11.0. The third-order valence-electron chi connectivity index (χ3n) is 2.81. The van der Waals surface area contributed by atoms with Gasteiger partial charge in [-0.15, -0.1) is 0 Å². The van der Waals surface area contributed by atoms with Crippen LogP contribution in [0.3, 0.4) is 0 Å². The summed E-state index contributed by atoms with van der Waals surface area (Å²) in [5.74, 6) is -0.394. The van der Waals surface area contributed by atoms with Gasteiger partial charge < -0.3 is 16.8 Å². The molecule has 1 unspecified atom stereocenters. The number of amides is 1. The molecule has 5 nitrogen and oxygen atoms in total. The van der Waals surface area contributed by atoms with Gasteiger partial charge in [-0.3, -0.25) is 9.78 Å². The van der Waals surface area contributed by atoms with Crippen molar-refractivity contribution in [2.45, 2.75) is 12.5 Å². The van der Waals surface area contributed by atoms with E-state index in [2.05, 4.69) is 10.3 Å². The van der Waals surface area contributed by atoms with Gasteiger partial charge in [0.1, 0.15) is 0 Å². The number of pyridine rings is 1. The van der Waals surface area contributed by atoms with Gasteiger partial charge in [0, 0.05) is 30.6 Å². The molecule has 6 heteroatoms. The standard InChI is InChI=1S/C13H15ClN4O/c14-10-3-4-11(13-9(10)2-1-5-17-13)18-8(7-15)6-12(16)19/h1-5,8,18H,6-7,15H2,(H2,16,19). The number of benzene rings is 1. The van der Waals surface area contributed by atoms with Crippen molar-refractivity contribution < 1.29 is 4.79 Å². The third kappa shape index (κ3) is 3.13. The Kier molecular flexibility index (Phi) is 4.19. The first-order valence-electron chi connectivity index (χ1n) is 5.90. The van der Waals surface area contributed by atoms with Gasteiger partial charge >= 0.3 is 0 Å². The Balaban J connectivity index is 2.35. The molecule has 5 N–H and O–H groups in total. The fraction of sp³-hybridized carbons (Fsp3) is 0.231. The number of carbonyl (C=O) groups excluding carboxylic acids is 1. The van der Waals surface area contributed by atoms with Crippen LogP contribution >= 0.6 is 11.6 Å².